The minimum absolute atomic E-state index is 0.0820. The van der Waals surface area contributed by atoms with Gasteiger partial charge in [-0.2, -0.15) is 0 Å². The van der Waals surface area contributed by atoms with Gasteiger partial charge >= 0.3 is 0 Å². The fourth-order valence-corrected chi connectivity index (χ4v) is 5.34. The van der Waals surface area contributed by atoms with Crippen LogP contribution in [-0.4, -0.2) is 57.7 Å². The summed E-state index contributed by atoms with van der Waals surface area (Å²) >= 11 is 0. The molecule has 0 spiro atoms. The Morgan fingerprint density at radius 1 is 1.06 bits per heavy atom. The van der Waals surface area contributed by atoms with Crippen LogP contribution in [0.4, 0.5) is 0 Å². The molecule has 2 atom stereocenters. The van der Waals surface area contributed by atoms with Gasteiger partial charge in [0.2, 0.25) is 11.8 Å². The summed E-state index contributed by atoms with van der Waals surface area (Å²) in [7, 11) is 0. The van der Waals surface area contributed by atoms with Gasteiger partial charge in [0.1, 0.15) is 17.9 Å². The number of benzene rings is 2. The topological polar surface area (TPSA) is 91.8 Å². The number of ether oxygens (including phenoxy) is 1. The molecule has 0 radical (unpaired) electrons. The largest absolute Gasteiger partial charge is 0.489 e. The van der Waals surface area contributed by atoms with Crippen LogP contribution in [0, 0.1) is 0 Å². The van der Waals surface area contributed by atoms with E-state index in [1.54, 1.807) is 11.0 Å². The van der Waals surface area contributed by atoms with Crippen LogP contribution in [0.3, 0.4) is 0 Å². The number of likely N-dealkylation sites (tertiary alicyclic amines) is 1. The smallest absolute Gasteiger partial charge is 0.255 e. The fourth-order valence-electron chi connectivity index (χ4n) is 5.34. The van der Waals surface area contributed by atoms with Crippen molar-refractivity contribution in [3.8, 4) is 5.75 Å². The van der Waals surface area contributed by atoms with E-state index in [1.807, 2.05) is 24.4 Å². The molecule has 8 nitrogen and oxygen atoms in total. The van der Waals surface area contributed by atoms with Crippen LogP contribution in [0.1, 0.15) is 40.7 Å². The molecule has 8 heteroatoms. The molecule has 3 aliphatic rings. The minimum Gasteiger partial charge on any atom is -0.489 e. The molecule has 3 aromatic rings. The summed E-state index contributed by atoms with van der Waals surface area (Å²) in [4.78, 5) is 44.9. The van der Waals surface area contributed by atoms with Crippen LogP contribution in [0.2, 0.25) is 0 Å². The summed E-state index contributed by atoms with van der Waals surface area (Å²) in [6, 6.07) is 15.4. The molecular formula is C27H26N4O4. The van der Waals surface area contributed by atoms with E-state index in [9.17, 15) is 14.4 Å². The van der Waals surface area contributed by atoms with Crippen LogP contribution in [0.25, 0.3) is 10.9 Å². The predicted molar refractivity (Wildman–Crippen MR) is 129 cm³/mol. The van der Waals surface area contributed by atoms with Gasteiger partial charge in [0.05, 0.1) is 5.52 Å². The average molecular weight is 471 g/mol. The van der Waals surface area contributed by atoms with Gasteiger partial charge in [0.25, 0.3) is 5.91 Å². The Balaban J connectivity index is 1.08. The summed E-state index contributed by atoms with van der Waals surface area (Å²) in [6.45, 7) is 3.02. The summed E-state index contributed by atoms with van der Waals surface area (Å²) in [5.74, 6) is -0.106. The molecule has 3 aliphatic heterocycles. The number of carbonyl (C=O) groups excluding carboxylic acids is 3. The van der Waals surface area contributed by atoms with Crippen LogP contribution in [0.5, 0.6) is 5.75 Å². The lowest BCUT2D eigenvalue weighted by molar-refractivity contribution is -0.136. The van der Waals surface area contributed by atoms with Gasteiger partial charge in [-0.25, -0.2) is 0 Å². The second kappa shape index (κ2) is 8.78. The molecule has 1 N–H and O–H groups in total. The van der Waals surface area contributed by atoms with Gasteiger partial charge in [-0.05, 0) is 60.4 Å². The monoisotopic (exact) mass is 470 g/mol. The van der Waals surface area contributed by atoms with Crippen molar-refractivity contribution in [3.63, 3.8) is 0 Å². The maximum atomic E-state index is 12.9. The van der Waals surface area contributed by atoms with E-state index in [0.29, 0.717) is 18.5 Å². The highest BCUT2D eigenvalue weighted by Gasteiger charge is 2.39. The number of imide groups is 1. The van der Waals surface area contributed by atoms with Gasteiger partial charge in [-0.1, -0.05) is 12.1 Å². The lowest BCUT2D eigenvalue weighted by Crippen LogP contribution is -2.52. The summed E-state index contributed by atoms with van der Waals surface area (Å²) in [5.41, 5.74) is 3.72. The Kier molecular flexibility index (Phi) is 5.45. The van der Waals surface area contributed by atoms with Crippen molar-refractivity contribution < 1.29 is 19.1 Å². The highest BCUT2D eigenvalue weighted by molar-refractivity contribution is 6.05. The Bertz CT molecular complexity index is 1340. The number of carbonyl (C=O) groups is 3. The van der Waals surface area contributed by atoms with E-state index in [1.165, 1.54) is 5.56 Å². The van der Waals surface area contributed by atoms with Crippen molar-refractivity contribution in [2.24, 2.45) is 0 Å². The molecule has 2 aromatic carbocycles. The third-order valence-electron chi connectivity index (χ3n) is 7.10. The molecule has 0 aliphatic carbocycles. The Hall–Kier alpha value is -3.78. The molecule has 3 amide bonds. The quantitative estimate of drug-likeness (QED) is 0.577. The Morgan fingerprint density at radius 2 is 1.97 bits per heavy atom. The standard InChI is InChI=1S/C27H26N4O4/c32-25-8-7-24(26(33)29-25)31-15-19-13-20(4-5-22(19)27(31)34)35-21-9-11-30(16-21)14-17-3-6-23-18(12-17)2-1-10-28-23/h1-6,10,12-13,21,24H,7-9,11,14-16H2,(H,29,32,33)/t21-,24-/m0/s1. The summed E-state index contributed by atoms with van der Waals surface area (Å²) in [6.07, 6.45) is 3.44. The van der Waals surface area contributed by atoms with Crippen molar-refractivity contribution in [2.45, 2.75) is 44.5 Å². The molecule has 35 heavy (non-hydrogen) atoms. The third kappa shape index (κ3) is 4.25. The zero-order valence-corrected chi connectivity index (χ0v) is 19.3. The van der Waals surface area contributed by atoms with Crippen molar-refractivity contribution in [2.75, 3.05) is 13.1 Å². The lowest BCUT2D eigenvalue weighted by Gasteiger charge is -2.29. The molecule has 6 rings (SSSR count). The second-order valence-corrected chi connectivity index (χ2v) is 9.51. The summed E-state index contributed by atoms with van der Waals surface area (Å²) in [5, 5.41) is 3.49. The van der Waals surface area contributed by atoms with E-state index in [0.717, 1.165) is 48.3 Å². The molecule has 178 valence electrons. The highest BCUT2D eigenvalue weighted by atomic mass is 16.5. The fraction of sp³-hybridized carbons (Fsp3) is 0.333. The van der Waals surface area contributed by atoms with Gasteiger partial charge in [-0.15, -0.1) is 0 Å². The Labute approximate surface area is 202 Å². The first-order chi connectivity index (χ1) is 17.0. The van der Waals surface area contributed by atoms with Crippen molar-refractivity contribution >= 4 is 28.6 Å². The number of pyridine rings is 1. The van der Waals surface area contributed by atoms with Crippen LogP contribution >= 0.6 is 0 Å². The SMILES string of the molecule is O=C1CC[C@H](N2Cc3cc(O[C@H]4CCN(Cc5ccc6ncccc6c5)C4)ccc3C2=O)C(=O)N1. The average Bonchev–Trinajstić information content (AvgIpc) is 3.42. The van der Waals surface area contributed by atoms with E-state index in [4.69, 9.17) is 4.74 Å². The first-order valence-corrected chi connectivity index (χ1v) is 12.0. The number of rotatable bonds is 5. The van der Waals surface area contributed by atoms with Gasteiger partial charge in [-0.3, -0.25) is 29.6 Å². The first-order valence-electron chi connectivity index (χ1n) is 12.0. The molecule has 1 aromatic heterocycles. The van der Waals surface area contributed by atoms with E-state index < -0.39 is 11.9 Å². The first kappa shape index (κ1) is 21.7. The molecule has 4 heterocycles. The normalized spacial score (nSPS) is 22.5. The highest BCUT2D eigenvalue weighted by Crippen LogP contribution is 2.31. The number of fused-ring (bicyclic) bond motifs is 2. The van der Waals surface area contributed by atoms with Crippen LogP contribution in [-0.2, 0) is 22.7 Å². The maximum Gasteiger partial charge on any atom is 0.255 e. The maximum absolute atomic E-state index is 12.9. The molecule has 0 unspecified atom stereocenters. The number of hydrogen-bond donors (Lipinski definition) is 1. The van der Waals surface area contributed by atoms with Crippen molar-refractivity contribution in [1.82, 2.24) is 20.1 Å². The molecule has 0 saturated carbocycles. The number of nitrogens with zero attached hydrogens (tertiary/aromatic N) is 3. The number of amides is 3. The zero-order valence-electron chi connectivity index (χ0n) is 19.3. The molecule has 0 bridgehead atoms. The van der Waals surface area contributed by atoms with Crippen molar-refractivity contribution in [3.05, 3.63) is 71.4 Å². The van der Waals surface area contributed by atoms with E-state index in [-0.39, 0.29) is 24.3 Å². The minimum atomic E-state index is -0.605. The lowest BCUT2D eigenvalue weighted by atomic mass is 10.0. The number of hydrogen-bond acceptors (Lipinski definition) is 6. The molecule has 2 saturated heterocycles. The summed E-state index contributed by atoms with van der Waals surface area (Å²) < 4.78 is 6.28. The van der Waals surface area contributed by atoms with Crippen LogP contribution in [0.15, 0.2) is 54.7 Å². The van der Waals surface area contributed by atoms with E-state index >= 15 is 0 Å². The Morgan fingerprint density at radius 3 is 2.86 bits per heavy atom. The zero-order chi connectivity index (χ0) is 23.9. The molecular weight excluding hydrogens is 444 g/mol. The van der Waals surface area contributed by atoms with Gasteiger partial charge in [0.15, 0.2) is 0 Å². The van der Waals surface area contributed by atoms with Crippen LogP contribution < -0.4 is 10.1 Å². The molecule has 2 fully saturated rings. The number of nitrogens with one attached hydrogen (secondary N) is 1. The number of aromatic nitrogens is 1. The second-order valence-electron chi connectivity index (χ2n) is 9.51. The number of piperidine rings is 1. The van der Waals surface area contributed by atoms with E-state index in [2.05, 4.69) is 39.5 Å². The van der Waals surface area contributed by atoms with Crippen molar-refractivity contribution in [1.29, 1.82) is 0 Å². The van der Waals surface area contributed by atoms with Gasteiger partial charge in [0, 0.05) is 49.7 Å². The van der Waals surface area contributed by atoms with Gasteiger partial charge < -0.3 is 9.64 Å². The third-order valence-corrected chi connectivity index (χ3v) is 7.10. The predicted octanol–water partition coefficient (Wildman–Crippen LogP) is 2.65.